The standard InChI is InChI=1S/C18H14F4N4O/c1-9(12-4-3-11(5-13(12)19)18(20,21)22)14-6-15(24-8-23-14)16-7-17(27)26-10(2)25-16/h3-9H,1-2H3,(H,25,26,27). The fraction of sp³-hybridized carbons (Fsp3) is 0.222. The summed E-state index contributed by atoms with van der Waals surface area (Å²) in [6, 6.07) is 5.19. The van der Waals surface area contributed by atoms with Crippen molar-refractivity contribution in [1.29, 1.82) is 0 Å². The summed E-state index contributed by atoms with van der Waals surface area (Å²) in [4.78, 5) is 26.5. The van der Waals surface area contributed by atoms with Crippen molar-refractivity contribution >= 4 is 0 Å². The molecule has 140 valence electrons. The SMILES string of the molecule is Cc1nc(-c2cc(C(C)c3ccc(C(F)(F)F)cc3F)ncn2)cc(=O)[nH]1. The van der Waals surface area contributed by atoms with Crippen molar-refractivity contribution < 1.29 is 17.6 Å². The topological polar surface area (TPSA) is 71.5 Å². The molecule has 0 saturated heterocycles. The predicted molar refractivity (Wildman–Crippen MR) is 89.5 cm³/mol. The van der Waals surface area contributed by atoms with Crippen LogP contribution >= 0.6 is 0 Å². The Kier molecular flexibility index (Phi) is 4.77. The molecular weight excluding hydrogens is 364 g/mol. The summed E-state index contributed by atoms with van der Waals surface area (Å²) in [6.07, 6.45) is -3.38. The zero-order valence-electron chi connectivity index (χ0n) is 14.3. The summed E-state index contributed by atoms with van der Waals surface area (Å²) in [5.41, 5.74) is -0.267. The lowest BCUT2D eigenvalue weighted by Gasteiger charge is -2.15. The highest BCUT2D eigenvalue weighted by Gasteiger charge is 2.31. The monoisotopic (exact) mass is 378 g/mol. The van der Waals surface area contributed by atoms with Gasteiger partial charge in [0.15, 0.2) is 0 Å². The van der Waals surface area contributed by atoms with Crippen molar-refractivity contribution in [3.63, 3.8) is 0 Å². The van der Waals surface area contributed by atoms with Gasteiger partial charge in [0.25, 0.3) is 5.56 Å². The van der Waals surface area contributed by atoms with Gasteiger partial charge in [-0.15, -0.1) is 0 Å². The Morgan fingerprint density at radius 3 is 2.44 bits per heavy atom. The normalized spacial score (nSPS) is 12.8. The maximum Gasteiger partial charge on any atom is 0.416 e. The summed E-state index contributed by atoms with van der Waals surface area (Å²) in [5.74, 6) is -1.20. The van der Waals surface area contributed by atoms with Gasteiger partial charge in [-0.25, -0.2) is 19.3 Å². The molecule has 0 saturated carbocycles. The van der Waals surface area contributed by atoms with E-state index in [1.54, 1.807) is 13.8 Å². The summed E-state index contributed by atoms with van der Waals surface area (Å²) >= 11 is 0. The van der Waals surface area contributed by atoms with E-state index in [1.807, 2.05) is 0 Å². The lowest BCUT2D eigenvalue weighted by molar-refractivity contribution is -0.137. The summed E-state index contributed by atoms with van der Waals surface area (Å²) in [7, 11) is 0. The molecule has 9 heteroatoms. The van der Waals surface area contributed by atoms with E-state index >= 15 is 0 Å². The van der Waals surface area contributed by atoms with E-state index < -0.39 is 23.5 Å². The lowest BCUT2D eigenvalue weighted by atomic mass is 9.95. The fourth-order valence-corrected chi connectivity index (χ4v) is 2.67. The van der Waals surface area contributed by atoms with Crippen LogP contribution in [0.2, 0.25) is 0 Å². The number of nitrogens with one attached hydrogen (secondary N) is 1. The number of halogens is 4. The Hall–Kier alpha value is -3.10. The Bertz CT molecular complexity index is 1050. The molecule has 1 unspecified atom stereocenters. The van der Waals surface area contributed by atoms with Gasteiger partial charge in [-0.05, 0) is 30.7 Å². The number of H-pyrrole nitrogens is 1. The molecule has 3 aromatic rings. The third kappa shape index (κ3) is 4.02. The molecule has 0 aliphatic carbocycles. The molecule has 1 aromatic carbocycles. The molecule has 3 rings (SSSR count). The Morgan fingerprint density at radius 2 is 1.81 bits per heavy atom. The van der Waals surface area contributed by atoms with Gasteiger partial charge in [0.1, 0.15) is 18.0 Å². The van der Waals surface area contributed by atoms with Gasteiger partial charge in [-0.1, -0.05) is 13.0 Å². The molecule has 0 amide bonds. The molecular formula is C18H14F4N4O. The van der Waals surface area contributed by atoms with Crippen molar-refractivity contribution in [1.82, 2.24) is 19.9 Å². The van der Waals surface area contributed by atoms with Crippen molar-refractivity contribution in [2.45, 2.75) is 25.9 Å². The van der Waals surface area contributed by atoms with Crippen LogP contribution in [0.4, 0.5) is 17.6 Å². The van der Waals surface area contributed by atoms with Crippen molar-refractivity contribution in [2.75, 3.05) is 0 Å². The van der Waals surface area contributed by atoms with Crippen LogP contribution in [-0.2, 0) is 6.18 Å². The summed E-state index contributed by atoms with van der Waals surface area (Å²) in [5, 5.41) is 0. The molecule has 27 heavy (non-hydrogen) atoms. The highest BCUT2D eigenvalue weighted by Crippen LogP contribution is 2.33. The molecule has 5 nitrogen and oxygen atoms in total. The third-order valence-corrected chi connectivity index (χ3v) is 4.05. The predicted octanol–water partition coefficient (Wildman–Crippen LogP) is 3.85. The van der Waals surface area contributed by atoms with Crippen molar-refractivity contribution in [3.05, 3.63) is 75.5 Å². The number of rotatable bonds is 3. The highest BCUT2D eigenvalue weighted by molar-refractivity contribution is 5.54. The Morgan fingerprint density at radius 1 is 1.07 bits per heavy atom. The molecule has 2 aromatic heterocycles. The number of nitrogens with zero attached hydrogens (tertiary/aromatic N) is 3. The minimum atomic E-state index is -4.62. The Balaban J connectivity index is 1.99. The first-order valence-electron chi connectivity index (χ1n) is 7.92. The summed E-state index contributed by atoms with van der Waals surface area (Å²) in [6.45, 7) is 3.24. The molecule has 0 aliphatic heterocycles. The van der Waals surface area contributed by atoms with Crippen molar-refractivity contribution in [2.24, 2.45) is 0 Å². The van der Waals surface area contributed by atoms with Gasteiger partial charge in [-0.2, -0.15) is 13.2 Å². The molecule has 0 aliphatic rings. The molecule has 0 fully saturated rings. The Labute approximate surface area is 151 Å². The van der Waals surface area contributed by atoms with Gasteiger partial charge in [0, 0.05) is 12.0 Å². The van der Waals surface area contributed by atoms with Gasteiger partial charge in [0.05, 0.1) is 22.6 Å². The van der Waals surface area contributed by atoms with E-state index in [-0.39, 0.29) is 11.1 Å². The molecule has 2 heterocycles. The first-order valence-corrected chi connectivity index (χ1v) is 7.92. The minimum absolute atomic E-state index is 0.0719. The number of hydrogen-bond donors (Lipinski definition) is 1. The van der Waals surface area contributed by atoms with Crippen LogP contribution < -0.4 is 5.56 Å². The average molecular weight is 378 g/mol. The fourth-order valence-electron chi connectivity index (χ4n) is 2.67. The maximum absolute atomic E-state index is 14.2. The van der Waals surface area contributed by atoms with Crippen LogP contribution in [0.5, 0.6) is 0 Å². The second-order valence-electron chi connectivity index (χ2n) is 6.00. The lowest BCUT2D eigenvalue weighted by Crippen LogP contribution is -2.10. The van der Waals surface area contributed by atoms with E-state index in [4.69, 9.17) is 0 Å². The van der Waals surface area contributed by atoms with Crippen LogP contribution in [0.15, 0.2) is 41.5 Å². The second-order valence-corrected chi connectivity index (χ2v) is 6.00. The zero-order chi connectivity index (χ0) is 19.8. The number of aromatic nitrogens is 4. The van der Waals surface area contributed by atoms with Crippen LogP contribution in [0.1, 0.15) is 35.5 Å². The number of hydrogen-bond acceptors (Lipinski definition) is 4. The second kappa shape index (κ2) is 6.90. The minimum Gasteiger partial charge on any atom is -0.311 e. The van der Waals surface area contributed by atoms with Crippen LogP contribution in [0, 0.1) is 12.7 Å². The summed E-state index contributed by atoms with van der Waals surface area (Å²) < 4.78 is 52.4. The molecule has 1 N–H and O–H groups in total. The number of aryl methyl sites for hydroxylation is 1. The zero-order valence-corrected chi connectivity index (χ0v) is 14.3. The smallest absolute Gasteiger partial charge is 0.311 e. The van der Waals surface area contributed by atoms with E-state index in [2.05, 4.69) is 19.9 Å². The highest BCUT2D eigenvalue weighted by atomic mass is 19.4. The van der Waals surface area contributed by atoms with Crippen LogP contribution in [-0.4, -0.2) is 19.9 Å². The molecule has 0 spiro atoms. The van der Waals surface area contributed by atoms with Gasteiger partial charge >= 0.3 is 6.18 Å². The molecule has 0 radical (unpaired) electrons. The van der Waals surface area contributed by atoms with E-state index in [0.717, 1.165) is 12.1 Å². The number of benzene rings is 1. The maximum atomic E-state index is 14.2. The van der Waals surface area contributed by atoms with Gasteiger partial charge in [0.2, 0.25) is 0 Å². The number of alkyl halides is 3. The largest absolute Gasteiger partial charge is 0.416 e. The van der Waals surface area contributed by atoms with Crippen LogP contribution in [0.3, 0.4) is 0 Å². The van der Waals surface area contributed by atoms with Gasteiger partial charge in [-0.3, -0.25) is 4.79 Å². The first kappa shape index (κ1) is 18.7. The first-order chi connectivity index (χ1) is 12.6. The van der Waals surface area contributed by atoms with Gasteiger partial charge < -0.3 is 4.98 Å². The average Bonchev–Trinajstić information content (AvgIpc) is 2.59. The molecule has 1 atom stereocenters. The quantitative estimate of drug-likeness (QED) is 0.703. The van der Waals surface area contributed by atoms with E-state index in [0.29, 0.717) is 29.0 Å². The number of aromatic amines is 1. The van der Waals surface area contributed by atoms with Crippen molar-refractivity contribution in [3.8, 4) is 11.4 Å². The van der Waals surface area contributed by atoms with Crippen LogP contribution in [0.25, 0.3) is 11.4 Å². The third-order valence-electron chi connectivity index (χ3n) is 4.05. The van der Waals surface area contributed by atoms with E-state index in [9.17, 15) is 22.4 Å². The molecule has 0 bridgehead atoms. The van der Waals surface area contributed by atoms with E-state index in [1.165, 1.54) is 18.5 Å².